The number of hydrogen-bond donors (Lipinski definition) is 3. The molecule has 1 aromatic heterocycles. The van der Waals surface area contributed by atoms with Gasteiger partial charge in [0.25, 0.3) is 0 Å². The number of aromatic nitrogens is 1. The summed E-state index contributed by atoms with van der Waals surface area (Å²) in [5, 5.41) is 11.0. The second kappa shape index (κ2) is 12.7. The van der Waals surface area contributed by atoms with E-state index in [2.05, 4.69) is 45.0 Å². The lowest BCUT2D eigenvalue weighted by atomic mass is 10.2. The number of hydrogen-bond acceptors (Lipinski definition) is 4. The number of nitrogens with one attached hydrogen (secondary N) is 3. The normalized spacial score (nSPS) is 11.0. The number of rotatable bonds is 9. The predicted molar refractivity (Wildman–Crippen MR) is 116 cm³/mol. The smallest absolute Gasteiger partial charge is 0.191 e. The van der Waals surface area contributed by atoms with Crippen LogP contribution in [-0.2, 0) is 4.74 Å². The molecule has 2 aromatic rings. The zero-order valence-corrected chi connectivity index (χ0v) is 17.2. The van der Waals surface area contributed by atoms with Gasteiger partial charge in [-0.15, -0.1) is 24.0 Å². The summed E-state index contributed by atoms with van der Waals surface area (Å²) >= 11 is 0. The van der Waals surface area contributed by atoms with Crippen molar-refractivity contribution in [2.75, 3.05) is 45.2 Å². The lowest BCUT2D eigenvalue weighted by molar-refractivity contribution is 0.197. The third kappa shape index (κ3) is 7.87. The minimum absolute atomic E-state index is 0. The molecule has 0 atom stereocenters. The molecule has 0 amide bonds. The zero-order chi connectivity index (χ0) is 17.0. The summed E-state index contributed by atoms with van der Waals surface area (Å²) < 4.78 is 5.03. The molecule has 0 fully saturated rings. The Bertz CT molecular complexity index is 650. The number of pyridine rings is 1. The molecule has 3 N–H and O–H groups in total. The van der Waals surface area contributed by atoms with Crippen LogP contribution >= 0.6 is 24.0 Å². The van der Waals surface area contributed by atoms with Gasteiger partial charge in [-0.25, -0.2) is 4.98 Å². The van der Waals surface area contributed by atoms with Crippen LogP contribution in [-0.4, -0.2) is 50.8 Å². The van der Waals surface area contributed by atoms with Gasteiger partial charge in [0.15, 0.2) is 5.96 Å². The number of methoxy groups -OCH3 is 1. The van der Waals surface area contributed by atoms with Gasteiger partial charge in [-0.05, 0) is 31.5 Å². The van der Waals surface area contributed by atoms with Crippen LogP contribution in [0.4, 0.5) is 5.82 Å². The molecule has 0 unspecified atom stereocenters. The van der Waals surface area contributed by atoms with Crippen LogP contribution in [0.25, 0.3) is 10.9 Å². The lowest BCUT2D eigenvalue weighted by Gasteiger charge is -2.12. The van der Waals surface area contributed by atoms with Crippen molar-refractivity contribution in [3.05, 3.63) is 36.4 Å². The first-order chi connectivity index (χ1) is 11.8. The van der Waals surface area contributed by atoms with Gasteiger partial charge in [0, 0.05) is 45.3 Å². The van der Waals surface area contributed by atoms with E-state index in [1.807, 2.05) is 24.3 Å². The van der Waals surface area contributed by atoms with Crippen molar-refractivity contribution < 1.29 is 4.74 Å². The van der Waals surface area contributed by atoms with E-state index in [0.29, 0.717) is 0 Å². The number of ether oxygens (including phenoxy) is 1. The fourth-order valence-electron chi connectivity index (χ4n) is 2.28. The maximum Gasteiger partial charge on any atom is 0.191 e. The van der Waals surface area contributed by atoms with Crippen molar-refractivity contribution in [2.24, 2.45) is 4.99 Å². The van der Waals surface area contributed by atoms with Gasteiger partial charge in [-0.3, -0.25) is 4.99 Å². The van der Waals surface area contributed by atoms with Gasteiger partial charge < -0.3 is 20.7 Å². The fourth-order valence-corrected chi connectivity index (χ4v) is 2.28. The SMILES string of the molecule is CCNC(=NCCCOC)NCCNc1ccc2ccccc2n1.I. The van der Waals surface area contributed by atoms with Crippen LogP contribution in [0.3, 0.4) is 0 Å². The largest absolute Gasteiger partial charge is 0.385 e. The highest BCUT2D eigenvalue weighted by Gasteiger charge is 1.99. The molecular weight excluding hydrogens is 429 g/mol. The minimum Gasteiger partial charge on any atom is -0.385 e. The molecule has 0 aliphatic carbocycles. The molecule has 0 spiro atoms. The quantitative estimate of drug-likeness (QED) is 0.234. The average Bonchev–Trinajstić information content (AvgIpc) is 2.62. The number of para-hydroxylation sites is 1. The van der Waals surface area contributed by atoms with E-state index in [4.69, 9.17) is 4.74 Å². The van der Waals surface area contributed by atoms with Crippen molar-refractivity contribution in [1.82, 2.24) is 15.6 Å². The van der Waals surface area contributed by atoms with Crippen molar-refractivity contribution in [3.63, 3.8) is 0 Å². The van der Waals surface area contributed by atoms with E-state index in [9.17, 15) is 0 Å². The number of guanidine groups is 1. The van der Waals surface area contributed by atoms with Crippen molar-refractivity contribution in [2.45, 2.75) is 13.3 Å². The Labute approximate surface area is 166 Å². The number of aliphatic imine (C=N–C) groups is 1. The predicted octanol–water partition coefficient (Wildman–Crippen LogP) is 2.86. The Morgan fingerprint density at radius 2 is 1.96 bits per heavy atom. The van der Waals surface area contributed by atoms with Crippen LogP contribution < -0.4 is 16.0 Å². The Kier molecular flexibility index (Phi) is 10.9. The third-order valence-corrected chi connectivity index (χ3v) is 3.44. The molecule has 0 aliphatic heterocycles. The van der Waals surface area contributed by atoms with Crippen LogP contribution in [0.5, 0.6) is 0 Å². The molecule has 0 aliphatic rings. The highest BCUT2D eigenvalue weighted by molar-refractivity contribution is 14.0. The number of nitrogens with zero attached hydrogens (tertiary/aromatic N) is 2. The molecule has 7 heteroatoms. The maximum atomic E-state index is 5.03. The van der Waals surface area contributed by atoms with E-state index < -0.39 is 0 Å². The zero-order valence-electron chi connectivity index (χ0n) is 14.9. The molecule has 1 aromatic carbocycles. The first kappa shape index (κ1) is 21.4. The van der Waals surface area contributed by atoms with E-state index >= 15 is 0 Å². The summed E-state index contributed by atoms with van der Waals surface area (Å²) in [5.74, 6) is 1.72. The molecule has 0 radical (unpaired) electrons. The van der Waals surface area contributed by atoms with Crippen molar-refractivity contribution in [3.8, 4) is 0 Å². The second-order valence-electron chi connectivity index (χ2n) is 5.35. The van der Waals surface area contributed by atoms with Crippen LogP contribution in [0.1, 0.15) is 13.3 Å². The van der Waals surface area contributed by atoms with E-state index in [-0.39, 0.29) is 24.0 Å². The Balaban J connectivity index is 0.00000312. The molecule has 6 nitrogen and oxygen atoms in total. The molecule has 1 heterocycles. The van der Waals surface area contributed by atoms with Gasteiger partial charge in [0.05, 0.1) is 5.52 Å². The summed E-state index contributed by atoms with van der Waals surface area (Å²) in [7, 11) is 1.71. The van der Waals surface area contributed by atoms with Gasteiger partial charge in [-0.1, -0.05) is 18.2 Å². The van der Waals surface area contributed by atoms with E-state index in [1.165, 1.54) is 0 Å². The van der Waals surface area contributed by atoms with E-state index in [0.717, 1.165) is 61.9 Å². The number of fused-ring (bicyclic) bond motifs is 1. The molecule has 0 bridgehead atoms. The molecule has 2 rings (SSSR count). The molecule has 0 saturated carbocycles. The summed E-state index contributed by atoms with van der Waals surface area (Å²) in [6.07, 6.45) is 0.923. The molecule has 0 saturated heterocycles. The highest BCUT2D eigenvalue weighted by atomic mass is 127. The van der Waals surface area contributed by atoms with Crippen molar-refractivity contribution >= 4 is 46.7 Å². The third-order valence-electron chi connectivity index (χ3n) is 3.44. The van der Waals surface area contributed by atoms with E-state index in [1.54, 1.807) is 7.11 Å². The Morgan fingerprint density at radius 3 is 2.76 bits per heavy atom. The van der Waals surface area contributed by atoms with Gasteiger partial charge in [0.1, 0.15) is 5.82 Å². The maximum absolute atomic E-state index is 5.03. The van der Waals surface area contributed by atoms with Crippen LogP contribution in [0, 0.1) is 0 Å². The standard InChI is InChI=1S/C18H27N5O.HI/c1-3-19-18(21-11-6-14-24-2)22-13-12-20-17-10-9-15-7-4-5-8-16(15)23-17;/h4-5,7-10H,3,6,11-14H2,1-2H3,(H,20,23)(H2,19,21,22);1H. The summed E-state index contributed by atoms with van der Waals surface area (Å²) in [4.78, 5) is 9.11. The number of halogens is 1. The van der Waals surface area contributed by atoms with Crippen LogP contribution in [0.15, 0.2) is 41.4 Å². The summed E-state index contributed by atoms with van der Waals surface area (Å²) in [6, 6.07) is 12.2. The van der Waals surface area contributed by atoms with Crippen LogP contribution in [0.2, 0.25) is 0 Å². The lowest BCUT2D eigenvalue weighted by Crippen LogP contribution is -2.39. The fraction of sp³-hybridized carbons (Fsp3) is 0.444. The highest BCUT2D eigenvalue weighted by Crippen LogP contribution is 2.13. The topological polar surface area (TPSA) is 70.6 Å². The molecule has 138 valence electrons. The molecular formula is C18H28IN5O. The molecule has 25 heavy (non-hydrogen) atoms. The number of benzene rings is 1. The van der Waals surface area contributed by atoms with Gasteiger partial charge in [0.2, 0.25) is 0 Å². The number of anilines is 1. The van der Waals surface area contributed by atoms with Crippen molar-refractivity contribution in [1.29, 1.82) is 0 Å². The Morgan fingerprint density at radius 1 is 1.12 bits per heavy atom. The minimum atomic E-state index is 0. The first-order valence-electron chi connectivity index (χ1n) is 8.44. The summed E-state index contributed by atoms with van der Waals surface area (Å²) in [5.41, 5.74) is 1.00. The first-order valence-corrected chi connectivity index (χ1v) is 8.44. The Hall–Kier alpha value is -1.61. The summed E-state index contributed by atoms with van der Waals surface area (Å²) in [6.45, 7) is 5.93. The monoisotopic (exact) mass is 457 g/mol. The second-order valence-corrected chi connectivity index (χ2v) is 5.35. The van der Waals surface area contributed by atoms with Gasteiger partial charge in [-0.2, -0.15) is 0 Å². The van der Waals surface area contributed by atoms with Gasteiger partial charge >= 0.3 is 0 Å². The average molecular weight is 457 g/mol.